The smallest absolute Gasteiger partial charge is 0.243 e. The zero-order valence-electron chi connectivity index (χ0n) is 16.3. The highest BCUT2D eigenvalue weighted by molar-refractivity contribution is 9.10. The number of thiazole rings is 1. The van der Waals surface area contributed by atoms with Gasteiger partial charge in [0.2, 0.25) is 11.8 Å². The van der Waals surface area contributed by atoms with E-state index in [1.807, 2.05) is 60.8 Å². The Morgan fingerprint density at radius 2 is 1.97 bits per heavy atom. The second kappa shape index (κ2) is 9.80. The number of likely N-dealkylation sites (N-methyl/N-ethyl adjacent to an activating group) is 1. The van der Waals surface area contributed by atoms with Crippen LogP contribution in [0.15, 0.2) is 58.4 Å². The normalized spacial score (nSPS) is 10.6. The predicted octanol–water partition coefficient (Wildman–Crippen LogP) is 4.77. The Morgan fingerprint density at radius 3 is 2.72 bits per heavy atom. The van der Waals surface area contributed by atoms with Gasteiger partial charge in [0.05, 0.1) is 18.7 Å². The second-order valence-corrected chi connectivity index (χ2v) is 8.41. The van der Waals surface area contributed by atoms with Crippen LogP contribution in [0, 0.1) is 0 Å². The van der Waals surface area contributed by atoms with Gasteiger partial charge in [-0.2, -0.15) is 0 Å². The Morgan fingerprint density at radius 1 is 1.17 bits per heavy atom. The first-order valence-corrected chi connectivity index (χ1v) is 11.0. The number of para-hydroxylation sites is 1. The summed E-state index contributed by atoms with van der Waals surface area (Å²) < 4.78 is 0.984. The van der Waals surface area contributed by atoms with E-state index in [9.17, 15) is 9.59 Å². The minimum Gasteiger partial charge on any atom is -0.336 e. The number of benzene rings is 2. The fourth-order valence-electron chi connectivity index (χ4n) is 2.88. The van der Waals surface area contributed by atoms with E-state index in [-0.39, 0.29) is 24.8 Å². The summed E-state index contributed by atoms with van der Waals surface area (Å²) in [5.41, 5.74) is 3.57. The van der Waals surface area contributed by atoms with Crippen molar-refractivity contribution >= 4 is 44.8 Å². The lowest BCUT2D eigenvalue weighted by atomic mass is 10.1. The number of amides is 2. The fourth-order valence-corrected chi connectivity index (χ4v) is 4.09. The summed E-state index contributed by atoms with van der Waals surface area (Å²) in [6.45, 7) is 2.04. The topological polar surface area (TPSA) is 62.3 Å². The lowest BCUT2D eigenvalue weighted by Gasteiger charge is -2.17. The van der Waals surface area contributed by atoms with Crippen LogP contribution in [0.4, 0.5) is 5.69 Å². The Labute approximate surface area is 182 Å². The molecule has 2 aromatic carbocycles. The average Bonchev–Trinajstić information content (AvgIpc) is 3.16. The van der Waals surface area contributed by atoms with Gasteiger partial charge in [-0.05, 0) is 30.2 Å². The van der Waals surface area contributed by atoms with Crippen molar-refractivity contribution in [3.63, 3.8) is 0 Å². The number of nitrogens with zero attached hydrogens (tertiary/aromatic N) is 2. The molecule has 3 aromatic rings. The number of anilines is 1. The molecule has 2 amide bonds. The molecule has 0 aliphatic heterocycles. The van der Waals surface area contributed by atoms with Gasteiger partial charge < -0.3 is 10.2 Å². The van der Waals surface area contributed by atoms with E-state index >= 15 is 0 Å². The van der Waals surface area contributed by atoms with Crippen LogP contribution in [0.3, 0.4) is 0 Å². The highest BCUT2D eigenvalue weighted by Crippen LogP contribution is 2.26. The molecule has 29 heavy (non-hydrogen) atoms. The first-order chi connectivity index (χ1) is 14.0. The summed E-state index contributed by atoms with van der Waals surface area (Å²) in [6, 6.07) is 15.6. The molecule has 150 valence electrons. The van der Waals surface area contributed by atoms with E-state index in [1.165, 1.54) is 16.2 Å². The maximum atomic E-state index is 12.5. The van der Waals surface area contributed by atoms with Gasteiger partial charge >= 0.3 is 0 Å². The molecule has 0 unspecified atom stereocenters. The fraction of sp³-hybridized carbons (Fsp3) is 0.227. The van der Waals surface area contributed by atoms with E-state index in [2.05, 4.69) is 26.2 Å². The quantitative estimate of drug-likeness (QED) is 0.539. The summed E-state index contributed by atoms with van der Waals surface area (Å²) >= 11 is 4.96. The van der Waals surface area contributed by atoms with Crippen molar-refractivity contribution in [1.82, 2.24) is 9.88 Å². The minimum absolute atomic E-state index is 0.000488. The van der Waals surface area contributed by atoms with Crippen LogP contribution in [0.25, 0.3) is 10.6 Å². The summed E-state index contributed by atoms with van der Waals surface area (Å²) in [4.78, 5) is 30.9. The van der Waals surface area contributed by atoms with Crippen LogP contribution in [0.5, 0.6) is 0 Å². The van der Waals surface area contributed by atoms with E-state index in [1.54, 1.807) is 7.05 Å². The van der Waals surface area contributed by atoms with Gasteiger partial charge in [-0.15, -0.1) is 11.3 Å². The molecule has 0 atom stereocenters. The van der Waals surface area contributed by atoms with Crippen molar-refractivity contribution in [2.45, 2.75) is 19.8 Å². The van der Waals surface area contributed by atoms with Gasteiger partial charge in [0.25, 0.3) is 0 Å². The molecule has 0 saturated heterocycles. The first kappa shape index (κ1) is 21.2. The van der Waals surface area contributed by atoms with Gasteiger partial charge in [-0.1, -0.05) is 53.2 Å². The monoisotopic (exact) mass is 471 g/mol. The number of rotatable bonds is 7. The van der Waals surface area contributed by atoms with Gasteiger partial charge in [-0.3, -0.25) is 9.59 Å². The Balaban J connectivity index is 1.57. The van der Waals surface area contributed by atoms with Crippen LogP contribution >= 0.6 is 27.3 Å². The van der Waals surface area contributed by atoms with Crippen molar-refractivity contribution in [2.75, 3.05) is 18.9 Å². The molecular formula is C22H22BrN3O2S. The Kier molecular flexibility index (Phi) is 7.17. The van der Waals surface area contributed by atoms with Crippen LogP contribution in [0.2, 0.25) is 0 Å². The number of halogens is 1. The molecule has 0 fully saturated rings. The van der Waals surface area contributed by atoms with Crippen molar-refractivity contribution in [1.29, 1.82) is 0 Å². The molecule has 1 aromatic heterocycles. The first-order valence-electron chi connectivity index (χ1n) is 9.28. The number of carbonyl (C=O) groups is 2. The Hall–Kier alpha value is -2.51. The Bertz CT molecular complexity index is 1020. The maximum Gasteiger partial charge on any atom is 0.243 e. The average molecular weight is 472 g/mol. The molecule has 0 saturated carbocycles. The molecule has 0 spiro atoms. The molecule has 0 aliphatic carbocycles. The third kappa shape index (κ3) is 5.74. The highest BCUT2D eigenvalue weighted by atomic mass is 79.9. The van der Waals surface area contributed by atoms with E-state index in [4.69, 9.17) is 0 Å². The highest BCUT2D eigenvalue weighted by Gasteiger charge is 2.16. The number of carbonyl (C=O) groups excluding carboxylic acids is 2. The lowest BCUT2D eigenvalue weighted by molar-refractivity contribution is -0.132. The summed E-state index contributed by atoms with van der Waals surface area (Å²) in [6.07, 6.45) is 0.995. The van der Waals surface area contributed by atoms with Crippen molar-refractivity contribution in [3.05, 3.63) is 69.6 Å². The lowest BCUT2D eigenvalue weighted by Crippen LogP contribution is -2.36. The van der Waals surface area contributed by atoms with E-state index in [0.29, 0.717) is 5.69 Å². The van der Waals surface area contributed by atoms with Crippen LogP contribution in [-0.4, -0.2) is 35.3 Å². The number of nitrogens with one attached hydrogen (secondary N) is 1. The zero-order chi connectivity index (χ0) is 20.8. The molecule has 0 aliphatic rings. The second-order valence-electron chi connectivity index (χ2n) is 6.64. The van der Waals surface area contributed by atoms with Gasteiger partial charge in [-0.25, -0.2) is 4.98 Å². The van der Waals surface area contributed by atoms with Gasteiger partial charge in [0, 0.05) is 28.2 Å². The van der Waals surface area contributed by atoms with Gasteiger partial charge in [0.1, 0.15) is 5.01 Å². The summed E-state index contributed by atoms with van der Waals surface area (Å²) in [7, 11) is 1.63. The van der Waals surface area contributed by atoms with Crippen molar-refractivity contribution in [3.8, 4) is 10.6 Å². The standard InChI is InChI=1S/C22H22BrN3O2S/c1-3-15-7-4-5-10-19(15)25-20(27)13-26(2)21(28)12-18-14-29-22(24-18)16-8-6-9-17(23)11-16/h4-11,14H,3,12-13H2,1-2H3,(H,25,27). The zero-order valence-corrected chi connectivity index (χ0v) is 18.7. The number of hydrogen-bond donors (Lipinski definition) is 1. The maximum absolute atomic E-state index is 12.5. The molecule has 7 heteroatoms. The van der Waals surface area contributed by atoms with Crippen molar-refractivity contribution in [2.24, 2.45) is 0 Å². The summed E-state index contributed by atoms with van der Waals surface area (Å²) in [5, 5.41) is 5.65. The predicted molar refractivity (Wildman–Crippen MR) is 121 cm³/mol. The molecular weight excluding hydrogens is 450 g/mol. The van der Waals surface area contributed by atoms with Crippen LogP contribution < -0.4 is 5.32 Å². The molecule has 0 bridgehead atoms. The number of hydrogen-bond acceptors (Lipinski definition) is 4. The molecule has 5 nitrogen and oxygen atoms in total. The van der Waals surface area contributed by atoms with Gasteiger partial charge in [0.15, 0.2) is 0 Å². The van der Waals surface area contributed by atoms with Crippen LogP contribution in [-0.2, 0) is 22.4 Å². The largest absolute Gasteiger partial charge is 0.336 e. The minimum atomic E-state index is -0.213. The number of aryl methyl sites for hydroxylation is 1. The third-order valence-electron chi connectivity index (χ3n) is 4.43. The molecule has 3 rings (SSSR count). The van der Waals surface area contributed by atoms with E-state index in [0.717, 1.165) is 32.7 Å². The molecule has 1 heterocycles. The third-order valence-corrected chi connectivity index (χ3v) is 5.87. The molecule has 1 N–H and O–H groups in total. The SMILES string of the molecule is CCc1ccccc1NC(=O)CN(C)C(=O)Cc1csc(-c2cccc(Br)c2)n1. The summed E-state index contributed by atoms with van der Waals surface area (Å²) in [5.74, 6) is -0.357. The van der Waals surface area contributed by atoms with Crippen LogP contribution in [0.1, 0.15) is 18.2 Å². The molecule has 0 radical (unpaired) electrons. The van der Waals surface area contributed by atoms with Crippen molar-refractivity contribution < 1.29 is 9.59 Å². The number of aromatic nitrogens is 1. The van der Waals surface area contributed by atoms with E-state index < -0.39 is 0 Å².